The molecule has 0 aliphatic carbocycles. The molecule has 1 amide bonds. The van der Waals surface area contributed by atoms with Crippen molar-refractivity contribution in [1.29, 1.82) is 0 Å². The number of amides is 1. The summed E-state index contributed by atoms with van der Waals surface area (Å²) in [5.41, 5.74) is 4.92. The highest BCUT2D eigenvalue weighted by atomic mass is 32.2. The molecular formula is C30H38N4O4S. The quantitative estimate of drug-likeness (QED) is 0.413. The van der Waals surface area contributed by atoms with Crippen molar-refractivity contribution in [1.82, 2.24) is 18.8 Å². The van der Waals surface area contributed by atoms with Crippen LogP contribution in [0.1, 0.15) is 60.2 Å². The first-order valence-electron chi connectivity index (χ1n) is 13.8. The molecule has 2 aliphatic rings. The fraction of sp³-hybridized carbons (Fsp3) is 0.467. The first-order chi connectivity index (χ1) is 18.8. The topological polar surface area (TPSA) is 84.7 Å². The Morgan fingerprint density at radius 3 is 2.59 bits per heavy atom. The average molecular weight is 551 g/mol. The number of carbonyl (C=O) groups is 1. The second kappa shape index (κ2) is 11.5. The highest BCUT2D eigenvalue weighted by molar-refractivity contribution is 7.89. The van der Waals surface area contributed by atoms with Gasteiger partial charge in [0.05, 0.1) is 18.6 Å². The number of nitrogens with zero attached hydrogens (tertiary/aromatic N) is 4. The van der Waals surface area contributed by atoms with Crippen LogP contribution in [0.3, 0.4) is 0 Å². The molecule has 0 saturated carbocycles. The summed E-state index contributed by atoms with van der Waals surface area (Å²) in [5, 5.41) is 0. The van der Waals surface area contributed by atoms with Gasteiger partial charge in [0, 0.05) is 62.3 Å². The zero-order valence-corrected chi connectivity index (χ0v) is 23.9. The van der Waals surface area contributed by atoms with Gasteiger partial charge in [0.15, 0.2) is 0 Å². The standard InChI is InChI=1S/C30H38N4O4S/c1-22-17-28(38-3)18-23(2)30(22)39(36,37)34-14-5-4-8-25(34)11-12-29(35)32-15-16-33-26(9-10-27(33)21-32)19-24-7-6-13-31-20-24/h6-7,9-10,13,17-18,20,25H,4-5,8,11-12,14-16,19,21H2,1-3H3. The first kappa shape index (κ1) is 27.4. The van der Waals surface area contributed by atoms with E-state index in [1.807, 2.05) is 31.0 Å². The van der Waals surface area contributed by atoms with Gasteiger partial charge >= 0.3 is 0 Å². The fourth-order valence-corrected chi connectivity index (χ4v) is 8.28. The van der Waals surface area contributed by atoms with Gasteiger partial charge in [-0.15, -0.1) is 0 Å². The molecule has 8 nitrogen and oxygen atoms in total. The first-order valence-corrected chi connectivity index (χ1v) is 15.2. The average Bonchev–Trinajstić information content (AvgIpc) is 3.33. The Morgan fingerprint density at radius 2 is 1.87 bits per heavy atom. The summed E-state index contributed by atoms with van der Waals surface area (Å²) in [7, 11) is -2.10. The lowest BCUT2D eigenvalue weighted by atomic mass is 10.00. The van der Waals surface area contributed by atoms with Crippen molar-refractivity contribution in [2.75, 3.05) is 20.2 Å². The maximum Gasteiger partial charge on any atom is 0.243 e. The number of pyridine rings is 1. The molecule has 4 heterocycles. The number of aryl methyl sites for hydroxylation is 2. The molecule has 2 aromatic heterocycles. The summed E-state index contributed by atoms with van der Waals surface area (Å²) in [5.74, 6) is 0.748. The van der Waals surface area contributed by atoms with Gasteiger partial charge < -0.3 is 14.2 Å². The molecule has 0 bridgehead atoms. The second-order valence-electron chi connectivity index (χ2n) is 10.7. The van der Waals surface area contributed by atoms with Crippen molar-refractivity contribution in [3.05, 3.63) is 76.9 Å². The van der Waals surface area contributed by atoms with Crippen molar-refractivity contribution < 1.29 is 17.9 Å². The lowest BCUT2D eigenvalue weighted by molar-refractivity contribution is -0.133. The van der Waals surface area contributed by atoms with E-state index in [9.17, 15) is 13.2 Å². The number of hydrogen-bond acceptors (Lipinski definition) is 5. The Labute approximate surface area is 231 Å². The van der Waals surface area contributed by atoms with E-state index in [1.54, 1.807) is 29.7 Å². The third kappa shape index (κ3) is 5.75. The van der Waals surface area contributed by atoms with Gasteiger partial charge in [-0.25, -0.2) is 8.42 Å². The molecule has 3 aromatic rings. The lowest BCUT2D eigenvalue weighted by Crippen LogP contribution is -2.45. The number of fused-ring (bicyclic) bond motifs is 1. The van der Waals surface area contributed by atoms with Gasteiger partial charge in [0.1, 0.15) is 5.75 Å². The molecule has 1 atom stereocenters. The number of carbonyl (C=O) groups excluding carboxylic acids is 1. The number of aromatic nitrogens is 2. The predicted molar refractivity (Wildman–Crippen MR) is 150 cm³/mol. The number of hydrogen-bond donors (Lipinski definition) is 0. The normalized spacial score (nSPS) is 18.1. The Kier molecular flexibility index (Phi) is 8.09. The van der Waals surface area contributed by atoms with E-state index in [2.05, 4.69) is 27.8 Å². The van der Waals surface area contributed by atoms with Crippen molar-refractivity contribution in [2.24, 2.45) is 0 Å². The van der Waals surface area contributed by atoms with Gasteiger partial charge in [-0.05, 0) is 80.1 Å². The van der Waals surface area contributed by atoms with Gasteiger partial charge in [-0.2, -0.15) is 4.31 Å². The second-order valence-corrected chi connectivity index (χ2v) is 12.5. The maximum absolute atomic E-state index is 13.8. The van der Waals surface area contributed by atoms with Crippen molar-refractivity contribution >= 4 is 15.9 Å². The minimum absolute atomic E-state index is 0.0935. The van der Waals surface area contributed by atoms with Crippen LogP contribution in [0.2, 0.25) is 0 Å². The zero-order chi connectivity index (χ0) is 27.6. The van der Waals surface area contributed by atoms with E-state index in [4.69, 9.17) is 4.74 Å². The lowest BCUT2D eigenvalue weighted by Gasteiger charge is -2.36. The molecule has 5 rings (SSSR count). The van der Waals surface area contributed by atoms with Crippen molar-refractivity contribution in [3.8, 4) is 5.75 Å². The number of rotatable bonds is 8. The molecule has 208 valence electrons. The molecule has 0 spiro atoms. The number of methoxy groups -OCH3 is 1. The van der Waals surface area contributed by atoms with E-state index < -0.39 is 10.0 Å². The van der Waals surface area contributed by atoms with Crippen molar-refractivity contribution in [3.63, 3.8) is 0 Å². The molecule has 1 unspecified atom stereocenters. The van der Waals surface area contributed by atoms with Gasteiger partial charge in [-0.3, -0.25) is 9.78 Å². The summed E-state index contributed by atoms with van der Waals surface area (Å²) < 4.78 is 37.0. The third-order valence-electron chi connectivity index (χ3n) is 8.07. The molecule has 1 aromatic carbocycles. The molecule has 0 N–H and O–H groups in total. The third-order valence-corrected chi connectivity index (χ3v) is 10.3. The van der Waals surface area contributed by atoms with Crippen LogP contribution in [0, 0.1) is 13.8 Å². The van der Waals surface area contributed by atoms with E-state index >= 15 is 0 Å². The van der Waals surface area contributed by atoms with Crippen LogP contribution in [0.25, 0.3) is 0 Å². The molecule has 39 heavy (non-hydrogen) atoms. The molecule has 1 fully saturated rings. The monoisotopic (exact) mass is 550 g/mol. The molecule has 0 radical (unpaired) electrons. The Morgan fingerprint density at radius 1 is 1.08 bits per heavy atom. The summed E-state index contributed by atoms with van der Waals surface area (Å²) in [6.45, 7) is 6.14. The Hall–Kier alpha value is -3.17. The zero-order valence-electron chi connectivity index (χ0n) is 23.1. The number of benzene rings is 1. The minimum Gasteiger partial charge on any atom is -0.497 e. The molecule has 1 saturated heterocycles. The number of sulfonamides is 1. The molecule has 9 heteroatoms. The van der Waals surface area contributed by atoms with E-state index in [0.29, 0.717) is 54.2 Å². The van der Waals surface area contributed by atoms with Crippen molar-refractivity contribution in [2.45, 2.75) is 76.4 Å². The van der Waals surface area contributed by atoms with E-state index in [1.165, 1.54) is 11.3 Å². The van der Waals surface area contributed by atoms with Crippen LogP contribution >= 0.6 is 0 Å². The Balaban J connectivity index is 1.24. The SMILES string of the molecule is COc1cc(C)c(S(=O)(=O)N2CCCCC2CCC(=O)N2CCn3c(Cc4cccnc4)ccc3C2)c(C)c1. The van der Waals surface area contributed by atoms with Gasteiger partial charge in [0.25, 0.3) is 0 Å². The van der Waals surface area contributed by atoms with Gasteiger partial charge in [0.2, 0.25) is 15.9 Å². The van der Waals surface area contributed by atoms with Crippen LogP contribution in [0.4, 0.5) is 0 Å². The summed E-state index contributed by atoms with van der Waals surface area (Å²) in [6.07, 6.45) is 7.97. The number of ether oxygens (including phenoxy) is 1. The predicted octanol–water partition coefficient (Wildman–Crippen LogP) is 4.47. The largest absolute Gasteiger partial charge is 0.497 e. The van der Waals surface area contributed by atoms with Crippen LogP contribution in [0.5, 0.6) is 5.75 Å². The summed E-state index contributed by atoms with van der Waals surface area (Å²) in [6, 6.07) is 11.7. The minimum atomic E-state index is -3.69. The highest BCUT2D eigenvalue weighted by Crippen LogP contribution is 2.33. The Bertz CT molecular complexity index is 1410. The highest BCUT2D eigenvalue weighted by Gasteiger charge is 2.36. The fourth-order valence-electron chi connectivity index (χ4n) is 6.14. The smallest absolute Gasteiger partial charge is 0.243 e. The number of piperidine rings is 1. The molecular weight excluding hydrogens is 512 g/mol. The van der Waals surface area contributed by atoms with E-state index in [-0.39, 0.29) is 11.9 Å². The van der Waals surface area contributed by atoms with E-state index in [0.717, 1.165) is 37.9 Å². The van der Waals surface area contributed by atoms with Crippen LogP contribution < -0.4 is 4.74 Å². The van der Waals surface area contributed by atoms with Gasteiger partial charge in [-0.1, -0.05) is 12.5 Å². The summed E-state index contributed by atoms with van der Waals surface area (Å²) in [4.78, 5) is 19.8. The van der Waals surface area contributed by atoms with Crippen LogP contribution in [-0.2, 0) is 34.3 Å². The summed E-state index contributed by atoms with van der Waals surface area (Å²) >= 11 is 0. The van der Waals surface area contributed by atoms with Crippen LogP contribution in [0.15, 0.2) is 53.7 Å². The molecule has 2 aliphatic heterocycles. The maximum atomic E-state index is 13.8. The van der Waals surface area contributed by atoms with Crippen LogP contribution in [-0.4, -0.2) is 59.3 Å².